The number of rotatable bonds is 4. The summed E-state index contributed by atoms with van der Waals surface area (Å²) in [6, 6.07) is 4.84. The number of nitrogens with zero attached hydrogens (tertiary/aromatic N) is 1. The molecule has 0 saturated heterocycles. The maximum atomic E-state index is 12.3. The summed E-state index contributed by atoms with van der Waals surface area (Å²) in [4.78, 5) is 31.5. The van der Waals surface area contributed by atoms with Gasteiger partial charge in [0.05, 0.1) is 10.9 Å². The van der Waals surface area contributed by atoms with E-state index in [2.05, 4.69) is 15.3 Å². The van der Waals surface area contributed by atoms with E-state index in [-0.39, 0.29) is 11.5 Å². The lowest BCUT2D eigenvalue weighted by Crippen LogP contribution is -2.23. The minimum Gasteiger partial charge on any atom is -0.325 e. The second-order valence-corrected chi connectivity index (χ2v) is 7.76. The van der Waals surface area contributed by atoms with Gasteiger partial charge < -0.3 is 10.3 Å². The van der Waals surface area contributed by atoms with Crippen LogP contribution < -0.4 is 10.9 Å². The summed E-state index contributed by atoms with van der Waals surface area (Å²) in [5.74, 6) is -0.221. The van der Waals surface area contributed by atoms with Gasteiger partial charge in [-0.1, -0.05) is 35.0 Å². The number of fused-ring (bicyclic) bond motifs is 1. The predicted octanol–water partition coefficient (Wildman–Crippen LogP) is 3.68. The largest absolute Gasteiger partial charge is 0.325 e. The molecule has 3 rings (SSSR count). The molecule has 0 unspecified atom stereocenters. The summed E-state index contributed by atoms with van der Waals surface area (Å²) in [7, 11) is 0. The predicted molar refractivity (Wildman–Crippen MR) is 97.3 cm³/mol. The van der Waals surface area contributed by atoms with Crippen LogP contribution >= 0.6 is 35.0 Å². The molecule has 0 saturated carbocycles. The van der Waals surface area contributed by atoms with Crippen molar-refractivity contribution < 1.29 is 4.79 Å². The Morgan fingerprint density at radius 3 is 2.71 bits per heavy atom. The minimum atomic E-state index is -0.439. The van der Waals surface area contributed by atoms with Crippen LogP contribution in [0.2, 0.25) is 10.0 Å². The summed E-state index contributed by atoms with van der Waals surface area (Å²) in [6.07, 6.45) is 2.54. The summed E-state index contributed by atoms with van der Waals surface area (Å²) >= 11 is 13.1. The number of H-pyrrole nitrogens is 1. The number of anilines is 1. The molecule has 24 heavy (non-hydrogen) atoms. The standard InChI is InChI=1S/C16H15Cl2N3O2S/c1-8(14(22)19-11-6-9(17)5-10(18)7-11)24-16-20-13-4-2-3-12(13)15(23)21-16/h5-8H,2-4H2,1H3,(H,19,22)(H,20,21,23)/t8-/m1/s1. The number of amides is 1. The number of carbonyl (C=O) groups excluding carboxylic acids is 1. The Bertz CT molecular complexity index is 833. The molecule has 126 valence electrons. The van der Waals surface area contributed by atoms with Gasteiger partial charge in [-0.2, -0.15) is 0 Å². The highest BCUT2D eigenvalue weighted by Crippen LogP contribution is 2.25. The molecule has 1 aromatic carbocycles. The van der Waals surface area contributed by atoms with Crippen molar-refractivity contribution in [2.45, 2.75) is 36.6 Å². The van der Waals surface area contributed by atoms with Gasteiger partial charge in [0.25, 0.3) is 5.56 Å². The van der Waals surface area contributed by atoms with Crippen LogP contribution in [0.4, 0.5) is 5.69 Å². The van der Waals surface area contributed by atoms with E-state index in [1.165, 1.54) is 11.8 Å². The molecule has 1 atom stereocenters. The number of benzene rings is 1. The number of halogens is 2. The first-order valence-electron chi connectivity index (χ1n) is 7.48. The Morgan fingerprint density at radius 2 is 2.00 bits per heavy atom. The highest BCUT2D eigenvalue weighted by Gasteiger charge is 2.20. The Labute approximate surface area is 153 Å². The first kappa shape index (κ1) is 17.3. The summed E-state index contributed by atoms with van der Waals surface area (Å²) < 4.78 is 0. The fraction of sp³-hybridized carbons (Fsp3) is 0.312. The van der Waals surface area contributed by atoms with Crippen molar-refractivity contribution in [1.29, 1.82) is 0 Å². The third kappa shape index (κ3) is 3.94. The number of nitrogens with one attached hydrogen (secondary N) is 2. The molecule has 8 heteroatoms. The zero-order chi connectivity index (χ0) is 17.3. The lowest BCUT2D eigenvalue weighted by molar-refractivity contribution is -0.115. The van der Waals surface area contributed by atoms with E-state index in [0.717, 1.165) is 30.5 Å². The van der Waals surface area contributed by atoms with E-state index in [4.69, 9.17) is 23.2 Å². The first-order valence-corrected chi connectivity index (χ1v) is 9.11. The van der Waals surface area contributed by atoms with Crippen molar-refractivity contribution in [2.75, 3.05) is 5.32 Å². The van der Waals surface area contributed by atoms with Gasteiger partial charge in [-0.15, -0.1) is 0 Å². The average molecular weight is 384 g/mol. The van der Waals surface area contributed by atoms with Crippen molar-refractivity contribution in [1.82, 2.24) is 9.97 Å². The van der Waals surface area contributed by atoms with E-state index in [9.17, 15) is 9.59 Å². The topological polar surface area (TPSA) is 74.8 Å². The Kier molecular flexibility index (Phi) is 5.18. The number of carbonyl (C=O) groups is 1. The summed E-state index contributed by atoms with van der Waals surface area (Å²) in [6.45, 7) is 1.75. The molecule has 1 heterocycles. The van der Waals surface area contributed by atoms with Gasteiger partial charge in [0, 0.05) is 21.3 Å². The van der Waals surface area contributed by atoms with Crippen LogP contribution in [0.1, 0.15) is 24.6 Å². The Hall–Kier alpha value is -1.50. The van der Waals surface area contributed by atoms with Gasteiger partial charge in [0.2, 0.25) is 5.91 Å². The number of aryl methyl sites for hydroxylation is 1. The second kappa shape index (κ2) is 7.17. The van der Waals surface area contributed by atoms with Crippen LogP contribution in [0.3, 0.4) is 0 Å². The molecule has 0 aliphatic heterocycles. The Balaban J connectivity index is 1.70. The maximum Gasteiger partial charge on any atom is 0.254 e. The lowest BCUT2D eigenvalue weighted by atomic mass is 10.3. The number of aromatic nitrogens is 2. The number of thioether (sulfide) groups is 1. The first-order chi connectivity index (χ1) is 11.4. The highest BCUT2D eigenvalue weighted by molar-refractivity contribution is 8.00. The zero-order valence-electron chi connectivity index (χ0n) is 12.9. The van der Waals surface area contributed by atoms with Crippen molar-refractivity contribution >= 4 is 46.6 Å². The van der Waals surface area contributed by atoms with Gasteiger partial charge in [0.1, 0.15) is 0 Å². The van der Waals surface area contributed by atoms with Crippen molar-refractivity contribution in [3.63, 3.8) is 0 Å². The number of hydrogen-bond acceptors (Lipinski definition) is 4. The maximum absolute atomic E-state index is 12.3. The van der Waals surface area contributed by atoms with E-state index in [1.807, 2.05) is 0 Å². The van der Waals surface area contributed by atoms with Crippen LogP contribution in [0.15, 0.2) is 28.2 Å². The molecule has 2 N–H and O–H groups in total. The zero-order valence-corrected chi connectivity index (χ0v) is 15.2. The lowest BCUT2D eigenvalue weighted by Gasteiger charge is -2.12. The third-order valence-electron chi connectivity index (χ3n) is 3.71. The molecule has 0 radical (unpaired) electrons. The van der Waals surface area contributed by atoms with Gasteiger partial charge in [-0.3, -0.25) is 9.59 Å². The molecule has 1 aromatic heterocycles. The van der Waals surface area contributed by atoms with E-state index < -0.39 is 5.25 Å². The number of hydrogen-bond donors (Lipinski definition) is 2. The SMILES string of the molecule is C[C@@H](Sc1nc2c(c(=O)[nH]1)CCC2)C(=O)Nc1cc(Cl)cc(Cl)c1. The van der Waals surface area contributed by atoms with Gasteiger partial charge >= 0.3 is 0 Å². The molecule has 1 aliphatic rings. The molecular formula is C16H15Cl2N3O2S. The molecule has 0 fully saturated rings. The van der Waals surface area contributed by atoms with Gasteiger partial charge in [-0.25, -0.2) is 4.98 Å². The monoisotopic (exact) mass is 383 g/mol. The molecule has 1 aliphatic carbocycles. The number of aromatic amines is 1. The fourth-order valence-electron chi connectivity index (χ4n) is 2.57. The highest BCUT2D eigenvalue weighted by atomic mass is 35.5. The van der Waals surface area contributed by atoms with Crippen LogP contribution in [0.25, 0.3) is 0 Å². The van der Waals surface area contributed by atoms with Crippen molar-refractivity contribution in [3.05, 3.63) is 49.9 Å². The second-order valence-electron chi connectivity index (χ2n) is 5.56. The molecular weight excluding hydrogens is 369 g/mol. The molecule has 2 aromatic rings. The molecule has 1 amide bonds. The van der Waals surface area contributed by atoms with Crippen LogP contribution in [-0.2, 0) is 17.6 Å². The molecule has 0 bridgehead atoms. The van der Waals surface area contributed by atoms with Gasteiger partial charge in [-0.05, 0) is 44.4 Å². The smallest absolute Gasteiger partial charge is 0.254 e. The summed E-state index contributed by atoms with van der Waals surface area (Å²) in [5, 5.41) is 3.68. The van der Waals surface area contributed by atoms with Crippen LogP contribution in [-0.4, -0.2) is 21.1 Å². The van der Waals surface area contributed by atoms with Crippen LogP contribution in [0, 0.1) is 0 Å². The quantitative estimate of drug-likeness (QED) is 0.623. The Morgan fingerprint density at radius 1 is 1.29 bits per heavy atom. The molecule has 5 nitrogen and oxygen atoms in total. The summed E-state index contributed by atoms with van der Waals surface area (Å²) in [5.41, 5.74) is 2.04. The average Bonchev–Trinajstić information content (AvgIpc) is 2.94. The minimum absolute atomic E-state index is 0.103. The van der Waals surface area contributed by atoms with Gasteiger partial charge in [0.15, 0.2) is 5.16 Å². The van der Waals surface area contributed by atoms with E-state index in [1.54, 1.807) is 25.1 Å². The normalized spacial score (nSPS) is 14.3. The third-order valence-corrected chi connectivity index (χ3v) is 5.13. The van der Waals surface area contributed by atoms with Crippen molar-refractivity contribution in [2.24, 2.45) is 0 Å². The van der Waals surface area contributed by atoms with E-state index in [0.29, 0.717) is 20.9 Å². The van der Waals surface area contributed by atoms with E-state index >= 15 is 0 Å². The fourth-order valence-corrected chi connectivity index (χ4v) is 3.91. The van der Waals surface area contributed by atoms with Crippen LogP contribution in [0.5, 0.6) is 0 Å². The molecule has 0 spiro atoms. The van der Waals surface area contributed by atoms with Crippen molar-refractivity contribution in [3.8, 4) is 0 Å².